The average molecular weight is 585 g/mol. The van der Waals surface area contributed by atoms with Crippen LogP contribution >= 0.6 is 11.8 Å². The van der Waals surface area contributed by atoms with Crippen molar-refractivity contribution < 1.29 is 47.6 Å². The maximum atomic E-state index is 13.5. The quantitative estimate of drug-likeness (QED) is 0.380. The summed E-state index contributed by atoms with van der Waals surface area (Å²) in [6.45, 7) is 3.45. The van der Waals surface area contributed by atoms with Crippen molar-refractivity contribution in [2.24, 2.45) is 0 Å². The summed E-state index contributed by atoms with van der Waals surface area (Å²) in [6.07, 6.45) is -11.2. The molecule has 40 heavy (non-hydrogen) atoms. The van der Waals surface area contributed by atoms with E-state index in [2.05, 4.69) is 4.90 Å². The summed E-state index contributed by atoms with van der Waals surface area (Å²) >= 11 is 1.46. The molecule has 0 radical (unpaired) electrons. The number of anilines is 2. The fourth-order valence-corrected chi connectivity index (χ4v) is 6.80. The molecule has 3 aliphatic rings. The number of hydrogen-bond donors (Lipinski definition) is 4. The van der Waals surface area contributed by atoms with Crippen molar-refractivity contribution in [3.63, 3.8) is 0 Å². The number of benzene rings is 2. The Bertz CT molecular complexity index is 1240. The number of rotatable bonds is 6. The molecule has 9 nitrogen and oxygen atoms in total. The number of aliphatic carboxylic acids is 1. The summed E-state index contributed by atoms with van der Waals surface area (Å²) in [5.74, 6) is -1.41. The number of aliphatic hydroxyl groups is 3. The van der Waals surface area contributed by atoms with Crippen molar-refractivity contribution in [3.8, 4) is 0 Å². The van der Waals surface area contributed by atoms with Crippen LogP contribution in [-0.2, 0) is 15.7 Å². The van der Waals surface area contributed by atoms with Gasteiger partial charge < -0.3 is 30.1 Å². The molecule has 0 saturated carbocycles. The normalized spacial score (nSPS) is 28.6. The first kappa shape index (κ1) is 29.1. The number of hydrogen-bond acceptors (Lipinski definition) is 8. The summed E-state index contributed by atoms with van der Waals surface area (Å²) < 4.78 is 46.2. The van der Waals surface area contributed by atoms with Gasteiger partial charge in [-0.1, -0.05) is 23.9 Å². The minimum Gasteiger partial charge on any atom is -0.479 e. The van der Waals surface area contributed by atoms with Crippen molar-refractivity contribution in [2.45, 2.75) is 53.0 Å². The molecule has 0 aliphatic carbocycles. The van der Waals surface area contributed by atoms with E-state index < -0.39 is 48.4 Å². The smallest absolute Gasteiger partial charge is 0.416 e. The third-order valence-corrected chi connectivity index (χ3v) is 9.24. The molecule has 0 bridgehead atoms. The number of alkyl halides is 3. The minimum absolute atomic E-state index is 0.176. The zero-order chi connectivity index (χ0) is 28.8. The number of fused-ring (bicyclic) bond motifs is 2. The molecule has 13 heteroatoms. The molecular weight excluding hydrogens is 551 g/mol. The second-order valence-corrected chi connectivity index (χ2v) is 11.9. The maximum Gasteiger partial charge on any atom is 0.416 e. The summed E-state index contributed by atoms with van der Waals surface area (Å²) in [7, 11) is 1.83. The first-order valence-corrected chi connectivity index (χ1v) is 14.0. The summed E-state index contributed by atoms with van der Waals surface area (Å²) in [6, 6.07) is 11.5. The Kier molecular flexibility index (Phi) is 8.09. The molecule has 2 aromatic rings. The van der Waals surface area contributed by atoms with Crippen LogP contribution in [0.4, 0.5) is 24.5 Å². The second kappa shape index (κ2) is 11.1. The van der Waals surface area contributed by atoms with E-state index in [0.717, 1.165) is 21.5 Å². The van der Waals surface area contributed by atoms with Gasteiger partial charge in [0.25, 0.3) is 0 Å². The number of carboxylic acid groups (broad SMARTS) is 1. The highest BCUT2D eigenvalue weighted by atomic mass is 32.2. The van der Waals surface area contributed by atoms with Crippen LogP contribution in [0, 0.1) is 0 Å². The highest BCUT2D eigenvalue weighted by Crippen LogP contribution is 2.49. The van der Waals surface area contributed by atoms with E-state index in [-0.39, 0.29) is 4.48 Å². The Morgan fingerprint density at radius 2 is 1.68 bits per heavy atom. The molecule has 5 atom stereocenters. The van der Waals surface area contributed by atoms with Crippen molar-refractivity contribution >= 4 is 29.1 Å². The van der Waals surface area contributed by atoms with Crippen LogP contribution in [0.15, 0.2) is 52.3 Å². The largest absolute Gasteiger partial charge is 0.479 e. The molecule has 0 amide bonds. The Balaban J connectivity index is 1.23. The van der Waals surface area contributed by atoms with Gasteiger partial charge in [-0.2, -0.15) is 13.2 Å². The predicted octanol–water partition coefficient (Wildman–Crippen LogP) is 2.35. The van der Waals surface area contributed by atoms with E-state index in [0.29, 0.717) is 51.4 Å². The zero-order valence-corrected chi connectivity index (χ0v) is 22.7. The van der Waals surface area contributed by atoms with Gasteiger partial charge in [-0.3, -0.25) is 9.38 Å². The minimum atomic E-state index is -4.44. The van der Waals surface area contributed by atoms with Crippen LogP contribution in [0.1, 0.15) is 12.0 Å². The van der Waals surface area contributed by atoms with Crippen molar-refractivity contribution in [1.29, 1.82) is 0 Å². The zero-order valence-electron chi connectivity index (χ0n) is 21.9. The molecular formula is C27H33F3N3O6S+. The number of ether oxygens (including phenoxy) is 1. The van der Waals surface area contributed by atoms with E-state index >= 15 is 0 Å². The number of nitrogens with zero attached hydrogens (tertiary/aromatic N) is 3. The van der Waals surface area contributed by atoms with Gasteiger partial charge in [-0.15, -0.1) is 0 Å². The molecule has 2 aromatic carbocycles. The lowest BCUT2D eigenvalue weighted by atomic mass is 9.96. The van der Waals surface area contributed by atoms with E-state index in [1.165, 1.54) is 23.9 Å². The monoisotopic (exact) mass is 584 g/mol. The second-order valence-electron chi connectivity index (χ2n) is 10.8. The molecule has 0 aromatic heterocycles. The van der Waals surface area contributed by atoms with Gasteiger partial charge in [0.05, 0.1) is 37.1 Å². The molecule has 2 fully saturated rings. The highest BCUT2D eigenvalue weighted by molar-refractivity contribution is 7.99. The Hall–Kier alpha value is -2.39. The lowest BCUT2D eigenvalue weighted by Crippen LogP contribution is -2.72. The third kappa shape index (κ3) is 5.56. The van der Waals surface area contributed by atoms with Crippen molar-refractivity contribution in [3.05, 3.63) is 48.0 Å². The van der Waals surface area contributed by atoms with Gasteiger partial charge in [0.1, 0.15) is 12.2 Å². The first-order chi connectivity index (χ1) is 18.9. The standard InChI is InChI=1S/C27H32F3N3O6S/c1-33(25-23(36)21(34)22(35)24(39-25)26(37)38)13-11-31(12-14-33)9-4-10-32-17-5-2-3-6-19(17)40-20-8-7-16(15-18(20)32)27(28,29)30/h2-3,5-8,15,21-25,34-36H,4,9-14H2,1H3/p+1. The molecule has 4 N–H and O–H groups in total. The molecule has 5 unspecified atom stereocenters. The molecule has 3 heterocycles. The lowest BCUT2D eigenvalue weighted by Gasteiger charge is -2.51. The van der Waals surface area contributed by atoms with Crippen molar-refractivity contribution in [2.75, 3.05) is 51.2 Å². The third-order valence-electron chi connectivity index (χ3n) is 8.11. The number of para-hydroxylation sites is 1. The van der Waals surface area contributed by atoms with Crippen LogP contribution in [0.25, 0.3) is 0 Å². The fraction of sp³-hybridized carbons (Fsp3) is 0.519. The van der Waals surface area contributed by atoms with Crippen LogP contribution in [0.2, 0.25) is 0 Å². The van der Waals surface area contributed by atoms with Crippen LogP contribution in [-0.4, -0.2) is 113 Å². The van der Waals surface area contributed by atoms with E-state index in [4.69, 9.17) is 4.74 Å². The van der Waals surface area contributed by atoms with E-state index in [9.17, 15) is 38.4 Å². The van der Waals surface area contributed by atoms with Gasteiger partial charge >= 0.3 is 12.1 Å². The number of likely N-dealkylation sites (N-methyl/N-ethyl adjacent to an activating group) is 1. The molecule has 218 valence electrons. The van der Waals surface area contributed by atoms with Gasteiger partial charge in [-0.25, -0.2) is 4.79 Å². The Morgan fingerprint density at radius 3 is 2.35 bits per heavy atom. The molecule has 3 aliphatic heterocycles. The summed E-state index contributed by atoms with van der Waals surface area (Å²) in [5.41, 5.74) is 0.733. The molecule has 0 spiro atoms. The summed E-state index contributed by atoms with van der Waals surface area (Å²) in [4.78, 5) is 17.4. The van der Waals surface area contributed by atoms with E-state index in [1.807, 2.05) is 36.2 Å². The van der Waals surface area contributed by atoms with Gasteiger partial charge in [0, 0.05) is 36.0 Å². The van der Waals surface area contributed by atoms with E-state index in [1.54, 1.807) is 0 Å². The van der Waals surface area contributed by atoms with Crippen LogP contribution in [0.5, 0.6) is 0 Å². The maximum absolute atomic E-state index is 13.5. The average Bonchev–Trinajstić information content (AvgIpc) is 2.91. The SMILES string of the molecule is C[N+]1(C2OC(C(=O)O)C(O)C(O)C2O)CCN(CCCN2c3ccccc3Sc3ccc(C(F)(F)F)cc32)CC1. The van der Waals surface area contributed by atoms with Crippen molar-refractivity contribution in [1.82, 2.24) is 4.90 Å². The van der Waals surface area contributed by atoms with Gasteiger partial charge in [-0.05, 0) is 36.8 Å². The fourth-order valence-electron chi connectivity index (χ4n) is 5.72. The van der Waals surface area contributed by atoms with Gasteiger partial charge in [0.15, 0.2) is 12.2 Å². The Labute approximate surface area is 234 Å². The molecule has 5 rings (SSSR count). The Morgan fingerprint density at radius 1 is 1.00 bits per heavy atom. The predicted molar refractivity (Wildman–Crippen MR) is 140 cm³/mol. The number of quaternary nitrogens is 1. The highest BCUT2D eigenvalue weighted by Gasteiger charge is 2.54. The number of piperazine rings is 1. The number of carbonyl (C=O) groups is 1. The first-order valence-electron chi connectivity index (χ1n) is 13.1. The number of aliphatic hydroxyl groups excluding tert-OH is 3. The van der Waals surface area contributed by atoms with Gasteiger partial charge in [0.2, 0.25) is 6.23 Å². The summed E-state index contributed by atoms with van der Waals surface area (Å²) in [5, 5.41) is 40.2. The van der Waals surface area contributed by atoms with Crippen LogP contribution in [0.3, 0.4) is 0 Å². The van der Waals surface area contributed by atoms with Crippen LogP contribution < -0.4 is 4.90 Å². The number of carboxylic acids is 1. The molecule has 2 saturated heterocycles. The lowest BCUT2D eigenvalue weighted by molar-refractivity contribution is -0.964. The topological polar surface area (TPSA) is 114 Å². The number of halogens is 3.